The van der Waals surface area contributed by atoms with Crippen LogP contribution in [0.5, 0.6) is 11.5 Å². The summed E-state index contributed by atoms with van der Waals surface area (Å²) in [4.78, 5) is 11.1. The average molecular weight is 401 g/mol. The zero-order valence-corrected chi connectivity index (χ0v) is 14.7. The maximum Gasteiger partial charge on any atom is 0.324 e. The molecule has 0 spiro atoms. The fourth-order valence-corrected chi connectivity index (χ4v) is 2.82. The summed E-state index contributed by atoms with van der Waals surface area (Å²) >= 11 is 23.3. The van der Waals surface area contributed by atoms with Gasteiger partial charge >= 0.3 is 5.97 Å². The molecular weight excluding hydrogens is 388 g/mol. The van der Waals surface area contributed by atoms with E-state index in [4.69, 9.17) is 61.0 Å². The van der Waals surface area contributed by atoms with Gasteiger partial charge in [-0.3, -0.25) is 4.79 Å². The van der Waals surface area contributed by atoms with Crippen molar-refractivity contribution in [1.82, 2.24) is 5.32 Å². The topological polar surface area (TPSA) is 67.8 Å². The lowest BCUT2D eigenvalue weighted by atomic mass is 10.2. The molecule has 1 aromatic rings. The molecule has 0 radical (unpaired) electrons. The first-order chi connectivity index (χ1) is 10.9. The Kier molecular flexibility index (Phi) is 6.68. The molecule has 0 aliphatic carbocycles. The molecule has 1 aliphatic rings. The van der Waals surface area contributed by atoms with Gasteiger partial charge in [0.05, 0.1) is 10.0 Å². The van der Waals surface area contributed by atoms with Crippen LogP contribution in [0.15, 0.2) is 22.7 Å². The maximum atomic E-state index is 11.1. The number of hydrogen-bond acceptors (Lipinski definition) is 4. The molecular formula is C14H13Cl4NO4. The van der Waals surface area contributed by atoms with Crippen molar-refractivity contribution in [1.29, 1.82) is 0 Å². The number of hydrogen-bond donors (Lipinski definition) is 2. The maximum absolute atomic E-state index is 11.1. The summed E-state index contributed by atoms with van der Waals surface area (Å²) in [6.45, 7) is 0.701. The first kappa shape index (κ1) is 18.5. The SMILES string of the molecule is O=C(O)[C@H]1NCCC1Oc1c(Cl)cc(OCC=C(Cl)Cl)cc1Cl. The molecule has 0 aromatic heterocycles. The van der Waals surface area contributed by atoms with Gasteiger partial charge in [0.1, 0.15) is 29.0 Å². The van der Waals surface area contributed by atoms with E-state index < -0.39 is 18.1 Å². The fourth-order valence-electron chi connectivity index (χ4n) is 2.14. The van der Waals surface area contributed by atoms with Crippen LogP contribution in [-0.4, -0.2) is 36.4 Å². The summed E-state index contributed by atoms with van der Waals surface area (Å²) in [5.41, 5.74) is 0. The van der Waals surface area contributed by atoms with Crippen LogP contribution in [0, 0.1) is 0 Å². The Hall–Kier alpha value is -0.850. The first-order valence-corrected chi connectivity index (χ1v) is 8.15. The molecule has 1 saturated heterocycles. The Morgan fingerprint density at radius 3 is 2.57 bits per heavy atom. The van der Waals surface area contributed by atoms with E-state index in [1.807, 2.05) is 0 Å². The van der Waals surface area contributed by atoms with Gasteiger partial charge in [0, 0.05) is 12.1 Å². The highest BCUT2D eigenvalue weighted by atomic mass is 35.5. The van der Waals surface area contributed by atoms with Gasteiger partial charge < -0.3 is 19.9 Å². The normalized spacial score (nSPS) is 20.2. The summed E-state index contributed by atoms with van der Waals surface area (Å²) in [7, 11) is 0. The Morgan fingerprint density at radius 1 is 1.35 bits per heavy atom. The number of benzene rings is 1. The molecule has 9 heteroatoms. The molecule has 23 heavy (non-hydrogen) atoms. The molecule has 1 aliphatic heterocycles. The highest BCUT2D eigenvalue weighted by molar-refractivity contribution is 6.55. The van der Waals surface area contributed by atoms with Crippen molar-refractivity contribution in [3.05, 3.63) is 32.7 Å². The second kappa shape index (κ2) is 8.31. The molecule has 2 N–H and O–H groups in total. The van der Waals surface area contributed by atoms with Gasteiger partial charge in [-0.1, -0.05) is 46.4 Å². The van der Waals surface area contributed by atoms with Gasteiger partial charge in [-0.15, -0.1) is 0 Å². The molecule has 1 unspecified atom stereocenters. The van der Waals surface area contributed by atoms with E-state index in [1.54, 1.807) is 0 Å². The molecule has 1 aromatic carbocycles. The quantitative estimate of drug-likeness (QED) is 0.758. The lowest BCUT2D eigenvalue weighted by Gasteiger charge is -2.20. The number of ether oxygens (including phenoxy) is 2. The number of carbonyl (C=O) groups is 1. The number of aliphatic carboxylic acids is 1. The largest absolute Gasteiger partial charge is 0.489 e. The van der Waals surface area contributed by atoms with Crippen molar-refractivity contribution in [2.45, 2.75) is 18.6 Å². The minimum Gasteiger partial charge on any atom is -0.489 e. The second-order valence-electron chi connectivity index (χ2n) is 4.74. The summed E-state index contributed by atoms with van der Waals surface area (Å²) < 4.78 is 11.2. The van der Waals surface area contributed by atoms with E-state index in [2.05, 4.69) is 5.32 Å². The van der Waals surface area contributed by atoms with Crippen LogP contribution in [-0.2, 0) is 4.79 Å². The minimum atomic E-state index is -0.982. The number of rotatable bonds is 6. The molecule has 1 heterocycles. The van der Waals surface area contributed by atoms with Gasteiger partial charge in [0.15, 0.2) is 5.75 Å². The van der Waals surface area contributed by atoms with Gasteiger partial charge in [0.2, 0.25) is 0 Å². The molecule has 5 nitrogen and oxygen atoms in total. The van der Waals surface area contributed by atoms with Crippen molar-refractivity contribution in [2.75, 3.05) is 13.2 Å². The van der Waals surface area contributed by atoms with E-state index in [0.717, 1.165) is 0 Å². The van der Waals surface area contributed by atoms with Gasteiger partial charge in [0.25, 0.3) is 0 Å². The third kappa shape index (κ3) is 5.06. The Bertz CT molecular complexity index is 596. The zero-order valence-electron chi connectivity index (χ0n) is 11.7. The zero-order chi connectivity index (χ0) is 17.0. The van der Waals surface area contributed by atoms with E-state index >= 15 is 0 Å². The number of carboxylic acid groups (broad SMARTS) is 1. The van der Waals surface area contributed by atoms with Gasteiger partial charge in [-0.25, -0.2) is 0 Å². The van der Waals surface area contributed by atoms with Crippen LogP contribution in [0.1, 0.15) is 6.42 Å². The van der Waals surface area contributed by atoms with Crippen molar-refractivity contribution < 1.29 is 19.4 Å². The van der Waals surface area contributed by atoms with Crippen LogP contribution in [0.4, 0.5) is 0 Å². The van der Waals surface area contributed by atoms with Gasteiger partial charge in [-0.2, -0.15) is 0 Å². The Morgan fingerprint density at radius 2 is 2.00 bits per heavy atom. The summed E-state index contributed by atoms with van der Waals surface area (Å²) in [5.74, 6) is -0.339. The van der Waals surface area contributed by atoms with E-state index in [1.165, 1.54) is 18.2 Å². The number of carboxylic acids is 1. The summed E-state index contributed by atoms with van der Waals surface area (Å²) in [5, 5.41) is 12.4. The van der Waals surface area contributed by atoms with Crippen LogP contribution >= 0.6 is 46.4 Å². The lowest BCUT2D eigenvalue weighted by molar-refractivity contribution is -0.140. The van der Waals surface area contributed by atoms with Crippen LogP contribution in [0.25, 0.3) is 0 Å². The Balaban J connectivity index is 2.11. The smallest absolute Gasteiger partial charge is 0.324 e. The third-order valence-corrected chi connectivity index (χ3v) is 4.03. The van der Waals surface area contributed by atoms with Crippen LogP contribution < -0.4 is 14.8 Å². The molecule has 0 saturated carbocycles. The molecule has 126 valence electrons. The monoisotopic (exact) mass is 399 g/mol. The average Bonchev–Trinajstić information content (AvgIpc) is 2.91. The summed E-state index contributed by atoms with van der Waals surface area (Å²) in [6.07, 6.45) is 1.46. The lowest BCUT2D eigenvalue weighted by Crippen LogP contribution is -2.41. The molecule has 2 rings (SSSR count). The minimum absolute atomic E-state index is 0.0931. The van der Waals surface area contributed by atoms with E-state index in [-0.39, 0.29) is 26.9 Å². The van der Waals surface area contributed by atoms with Crippen LogP contribution in [0.3, 0.4) is 0 Å². The molecule has 2 atom stereocenters. The third-order valence-electron chi connectivity index (χ3n) is 3.16. The van der Waals surface area contributed by atoms with E-state index in [0.29, 0.717) is 18.7 Å². The fraction of sp³-hybridized carbons (Fsp3) is 0.357. The standard InChI is InChI=1S/C14H13Cl4NO4/c15-8-5-7(22-4-2-11(17)18)6-9(16)13(8)23-10-1-3-19-12(10)14(20)21/h2,5-6,10,12,19H,1,3-4H2,(H,20,21)/t10?,12-/m0/s1. The summed E-state index contributed by atoms with van der Waals surface area (Å²) in [6, 6.07) is 2.25. The predicted molar refractivity (Wildman–Crippen MR) is 90.2 cm³/mol. The molecule has 0 bridgehead atoms. The van der Waals surface area contributed by atoms with Crippen molar-refractivity contribution in [3.63, 3.8) is 0 Å². The Labute approximate surface area is 153 Å². The van der Waals surface area contributed by atoms with Crippen molar-refractivity contribution >= 4 is 52.4 Å². The molecule has 0 amide bonds. The van der Waals surface area contributed by atoms with E-state index in [9.17, 15) is 4.79 Å². The van der Waals surface area contributed by atoms with Crippen LogP contribution in [0.2, 0.25) is 10.0 Å². The number of nitrogens with one attached hydrogen (secondary N) is 1. The molecule has 1 fully saturated rings. The first-order valence-electron chi connectivity index (χ1n) is 6.64. The predicted octanol–water partition coefficient (Wildman–Crippen LogP) is 3.89. The highest BCUT2D eigenvalue weighted by Gasteiger charge is 2.35. The van der Waals surface area contributed by atoms with Crippen molar-refractivity contribution in [2.24, 2.45) is 0 Å². The van der Waals surface area contributed by atoms with Gasteiger partial charge in [-0.05, 0) is 19.0 Å². The highest BCUT2D eigenvalue weighted by Crippen LogP contribution is 2.38. The number of halogens is 4. The van der Waals surface area contributed by atoms with Crippen molar-refractivity contribution in [3.8, 4) is 11.5 Å². The second-order valence-corrected chi connectivity index (χ2v) is 6.56.